The fourth-order valence-electron chi connectivity index (χ4n) is 1.77. The lowest BCUT2D eigenvalue weighted by atomic mass is 10.1. The smallest absolute Gasteiger partial charge is 0.243 e. The molecule has 0 saturated heterocycles. The molecule has 2 rings (SSSR count). The maximum absolute atomic E-state index is 11.8. The molecule has 106 valence electrons. The van der Waals surface area contributed by atoms with Crippen molar-refractivity contribution in [1.29, 1.82) is 5.26 Å². The maximum atomic E-state index is 11.8. The van der Waals surface area contributed by atoms with Crippen molar-refractivity contribution in [3.63, 3.8) is 0 Å². The number of halogens is 1. The minimum absolute atomic E-state index is 0.142. The zero-order valence-electron chi connectivity index (χ0n) is 11.3. The predicted octanol–water partition coefficient (Wildman–Crippen LogP) is 3.46. The summed E-state index contributed by atoms with van der Waals surface area (Å²) in [7, 11) is 0. The standard InChI is InChI=1S/C16H14ClN3O/c17-14-3-1-2-4-15(14)20-16(21)11-19-13-7-5-12(6-8-13)9-10-18/h1-8,19H,9,11H2,(H,20,21). The van der Waals surface area contributed by atoms with Crippen LogP contribution < -0.4 is 10.6 Å². The molecule has 5 heteroatoms. The van der Waals surface area contributed by atoms with Crippen molar-refractivity contribution in [3.05, 3.63) is 59.1 Å². The van der Waals surface area contributed by atoms with E-state index in [9.17, 15) is 4.79 Å². The lowest BCUT2D eigenvalue weighted by molar-refractivity contribution is -0.114. The molecule has 0 bridgehead atoms. The normalized spacial score (nSPS) is 9.71. The monoisotopic (exact) mass is 299 g/mol. The van der Waals surface area contributed by atoms with Gasteiger partial charge in [0.1, 0.15) is 0 Å². The van der Waals surface area contributed by atoms with Gasteiger partial charge >= 0.3 is 0 Å². The summed E-state index contributed by atoms with van der Waals surface area (Å²) < 4.78 is 0. The SMILES string of the molecule is N#CCc1ccc(NCC(=O)Nc2ccccc2Cl)cc1. The maximum Gasteiger partial charge on any atom is 0.243 e. The first-order valence-electron chi connectivity index (χ1n) is 6.43. The molecule has 0 aliphatic carbocycles. The molecule has 4 nitrogen and oxygen atoms in total. The molecule has 0 fully saturated rings. The fourth-order valence-corrected chi connectivity index (χ4v) is 1.95. The molecule has 21 heavy (non-hydrogen) atoms. The second kappa shape index (κ2) is 7.32. The van der Waals surface area contributed by atoms with Crippen LogP contribution in [0, 0.1) is 11.3 Å². The molecule has 0 radical (unpaired) electrons. The number of hydrogen-bond donors (Lipinski definition) is 2. The van der Waals surface area contributed by atoms with E-state index in [0.717, 1.165) is 11.3 Å². The number of amides is 1. The van der Waals surface area contributed by atoms with Crippen molar-refractivity contribution in [2.75, 3.05) is 17.2 Å². The number of benzene rings is 2. The molecule has 0 aromatic heterocycles. The molecule has 0 heterocycles. The van der Waals surface area contributed by atoms with E-state index in [-0.39, 0.29) is 12.5 Å². The molecular formula is C16H14ClN3O. The number of para-hydroxylation sites is 1. The first-order valence-corrected chi connectivity index (χ1v) is 6.81. The molecule has 2 N–H and O–H groups in total. The van der Waals surface area contributed by atoms with Crippen LogP contribution in [-0.4, -0.2) is 12.5 Å². The third kappa shape index (κ3) is 4.51. The molecule has 2 aromatic rings. The average molecular weight is 300 g/mol. The van der Waals surface area contributed by atoms with Crippen molar-refractivity contribution >= 4 is 28.9 Å². The van der Waals surface area contributed by atoms with E-state index in [1.54, 1.807) is 18.2 Å². The predicted molar refractivity (Wildman–Crippen MR) is 84.3 cm³/mol. The van der Waals surface area contributed by atoms with Crippen molar-refractivity contribution in [2.45, 2.75) is 6.42 Å². The van der Waals surface area contributed by atoms with Crippen LogP contribution >= 0.6 is 11.6 Å². The van der Waals surface area contributed by atoms with E-state index >= 15 is 0 Å². The third-order valence-electron chi connectivity index (χ3n) is 2.84. The largest absolute Gasteiger partial charge is 0.376 e. The molecule has 2 aromatic carbocycles. The van der Waals surface area contributed by atoms with E-state index < -0.39 is 0 Å². The van der Waals surface area contributed by atoms with Gasteiger partial charge < -0.3 is 10.6 Å². The van der Waals surface area contributed by atoms with Crippen LogP contribution in [0.2, 0.25) is 5.02 Å². The fraction of sp³-hybridized carbons (Fsp3) is 0.125. The number of carbonyl (C=O) groups is 1. The van der Waals surface area contributed by atoms with Gasteiger partial charge in [0, 0.05) is 5.69 Å². The van der Waals surface area contributed by atoms with Gasteiger partial charge in [0.05, 0.1) is 29.7 Å². The third-order valence-corrected chi connectivity index (χ3v) is 3.17. The number of carbonyl (C=O) groups excluding carboxylic acids is 1. The number of nitriles is 1. The number of hydrogen-bond acceptors (Lipinski definition) is 3. The van der Waals surface area contributed by atoms with Crippen molar-refractivity contribution in [3.8, 4) is 6.07 Å². The summed E-state index contributed by atoms with van der Waals surface area (Å²) in [5.74, 6) is -0.177. The lowest BCUT2D eigenvalue weighted by Gasteiger charge is -2.09. The van der Waals surface area contributed by atoms with Gasteiger partial charge in [-0.15, -0.1) is 0 Å². The van der Waals surface area contributed by atoms with Gasteiger partial charge in [-0.1, -0.05) is 35.9 Å². The van der Waals surface area contributed by atoms with E-state index in [1.807, 2.05) is 30.3 Å². The molecule has 0 aliphatic rings. The summed E-state index contributed by atoms with van der Waals surface area (Å²) in [5, 5.41) is 14.9. The highest BCUT2D eigenvalue weighted by Crippen LogP contribution is 2.20. The number of rotatable bonds is 5. The number of anilines is 2. The van der Waals surface area contributed by atoms with Crippen LogP contribution in [0.1, 0.15) is 5.56 Å². The molecule has 0 atom stereocenters. The van der Waals surface area contributed by atoms with Crippen LogP contribution in [0.25, 0.3) is 0 Å². The van der Waals surface area contributed by atoms with Gasteiger partial charge in [0.2, 0.25) is 5.91 Å². The Morgan fingerprint density at radius 1 is 1.14 bits per heavy atom. The van der Waals surface area contributed by atoms with E-state index in [2.05, 4.69) is 16.7 Å². The average Bonchev–Trinajstić information content (AvgIpc) is 2.49. The summed E-state index contributed by atoms with van der Waals surface area (Å²) in [6.45, 7) is 0.142. The van der Waals surface area contributed by atoms with E-state index in [4.69, 9.17) is 16.9 Å². The quantitative estimate of drug-likeness (QED) is 0.888. The molecular weight excluding hydrogens is 286 g/mol. The van der Waals surface area contributed by atoms with Gasteiger partial charge in [-0.2, -0.15) is 5.26 Å². The minimum Gasteiger partial charge on any atom is -0.376 e. The summed E-state index contributed by atoms with van der Waals surface area (Å²) in [5.41, 5.74) is 2.37. The van der Waals surface area contributed by atoms with Crippen molar-refractivity contribution in [1.82, 2.24) is 0 Å². The zero-order chi connectivity index (χ0) is 15.1. The molecule has 0 saturated carbocycles. The summed E-state index contributed by atoms with van der Waals surface area (Å²) >= 11 is 5.97. The first-order chi connectivity index (χ1) is 10.2. The summed E-state index contributed by atoms with van der Waals surface area (Å²) in [4.78, 5) is 11.8. The molecule has 1 amide bonds. The van der Waals surface area contributed by atoms with Gasteiger partial charge in [0.15, 0.2) is 0 Å². The highest BCUT2D eigenvalue weighted by atomic mass is 35.5. The highest BCUT2D eigenvalue weighted by Gasteiger charge is 2.05. The first kappa shape index (κ1) is 14.9. The second-order valence-electron chi connectivity index (χ2n) is 4.41. The number of nitrogens with one attached hydrogen (secondary N) is 2. The molecule has 0 spiro atoms. The van der Waals surface area contributed by atoms with E-state index in [1.165, 1.54) is 0 Å². The Morgan fingerprint density at radius 2 is 1.86 bits per heavy atom. The molecule has 0 aliphatic heterocycles. The Bertz CT molecular complexity index is 662. The Kier molecular flexibility index (Phi) is 5.19. The summed E-state index contributed by atoms with van der Waals surface area (Å²) in [6.07, 6.45) is 0.382. The Balaban J connectivity index is 1.87. The summed E-state index contributed by atoms with van der Waals surface area (Å²) in [6, 6.07) is 16.6. The van der Waals surface area contributed by atoms with Crippen LogP contribution in [-0.2, 0) is 11.2 Å². The minimum atomic E-state index is -0.177. The second-order valence-corrected chi connectivity index (χ2v) is 4.82. The topological polar surface area (TPSA) is 64.9 Å². The Labute approximate surface area is 128 Å². The Hall–Kier alpha value is -2.51. The zero-order valence-corrected chi connectivity index (χ0v) is 12.0. The highest BCUT2D eigenvalue weighted by molar-refractivity contribution is 6.33. The molecule has 0 unspecified atom stereocenters. The van der Waals surface area contributed by atoms with E-state index in [0.29, 0.717) is 17.1 Å². The number of nitrogens with zero attached hydrogens (tertiary/aromatic N) is 1. The van der Waals surface area contributed by atoms with Gasteiger partial charge in [-0.05, 0) is 29.8 Å². The lowest BCUT2D eigenvalue weighted by Crippen LogP contribution is -2.21. The van der Waals surface area contributed by atoms with Crippen molar-refractivity contribution in [2.24, 2.45) is 0 Å². The van der Waals surface area contributed by atoms with Crippen LogP contribution in [0.4, 0.5) is 11.4 Å². The van der Waals surface area contributed by atoms with Gasteiger partial charge in [0.25, 0.3) is 0 Å². The van der Waals surface area contributed by atoms with Crippen LogP contribution in [0.5, 0.6) is 0 Å². The van der Waals surface area contributed by atoms with Crippen LogP contribution in [0.3, 0.4) is 0 Å². The van der Waals surface area contributed by atoms with Gasteiger partial charge in [-0.3, -0.25) is 4.79 Å². The van der Waals surface area contributed by atoms with Crippen LogP contribution in [0.15, 0.2) is 48.5 Å². The van der Waals surface area contributed by atoms with Gasteiger partial charge in [-0.25, -0.2) is 0 Å². The van der Waals surface area contributed by atoms with Crippen molar-refractivity contribution < 1.29 is 4.79 Å². The Morgan fingerprint density at radius 3 is 2.52 bits per heavy atom.